The number of hydrogen-bond donors (Lipinski definition) is 1. The molecule has 1 heterocycles. The minimum atomic E-state index is 0.0160. The van der Waals surface area contributed by atoms with Gasteiger partial charge >= 0.3 is 0 Å². The Morgan fingerprint density at radius 1 is 1.58 bits per heavy atom. The first kappa shape index (κ1) is 13.9. The van der Waals surface area contributed by atoms with Gasteiger partial charge in [-0.05, 0) is 18.8 Å². The number of anilines is 2. The fraction of sp³-hybridized carbons (Fsp3) is 0.571. The molecule has 0 aliphatic heterocycles. The van der Waals surface area contributed by atoms with Crippen LogP contribution < -0.4 is 10.6 Å². The maximum atomic E-state index is 11.8. The predicted octanol–water partition coefficient (Wildman–Crippen LogP) is 3.03. The Morgan fingerprint density at radius 3 is 2.74 bits per heavy atom. The van der Waals surface area contributed by atoms with E-state index < -0.39 is 0 Å². The first-order valence-electron chi connectivity index (χ1n) is 6.65. The van der Waals surface area contributed by atoms with Gasteiger partial charge in [0.15, 0.2) is 5.78 Å². The van der Waals surface area contributed by atoms with E-state index in [0.29, 0.717) is 28.5 Å². The lowest BCUT2D eigenvalue weighted by molar-refractivity contribution is 0.0993. The lowest BCUT2D eigenvalue weighted by Gasteiger charge is -2.30. The van der Waals surface area contributed by atoms with Crippen LogP contribution in [0.2, 0.25) is 0 Å². The maximum Gasteiger partial charge on any atom is 0.174 e. The van der Waals surface area contributed by atoms with Crippen LogP contribution >= 0.6 is 11.3 Å². The molecule has 1 aliphatic carbocycles. The number of ketones is 1. The number of nitrogen functional groups attached to an aromatic ring is 1. The second-order valence-electron chi connectivity index (χ2n) is 5.09. The Bertz CT molecular complexity index is 526. The molecule has 1 aliphatic rings. The van der Waals surface area contributed by atoms with Gasteiger partial charge in [0.25, 0.3) is 0 Å². The van der Waals surface area contributed by atoms with E-state index in [9.17, 15) is 10.1 Å². The van der Waals surface area contributed by atoms with Crippen LogP contribution in [0.4, 0.5) is 10.7 Å². The van der Waals surface area contributed by atoms with Crippen molar-refractivity contribution < 1.29 is 4.79 Å². The van der Waals surface area contributed by atoms with Crippen molar-refractivity contribution in [2.24, 2.45) is 5.92 Å². The number of nitriles is 1. The van der Waals surface area contributed by atoms with Crippen molar-refractivity contribution in [2.75, 3.05) is 24.2 Å². The normalized spacial score (nSPS) is 14.8. The lowest BCUT2D eigenvalue weighted by atomic mass is 9.85. The van der Waals surface area contributed by atoms with Crippen molar-refractivity contribution in [3.8, 4) is 6.07 Å². The molecule has 0 unspecified atom stereocenters. The summed E-state index contributed by atoms with van der Waals surface area (Å²) in [6, 6.07) is 2.14. The molecule has 0 amide bonds. The molecule has 4 nitrogen and oxygen atoms in total. The number of nitrogens with two attached hydrogens (primary N) is 1. The van der Waals surface area contributed by atoms with Crippen molar-refractivity contribution in [3.05, 3.63) is 10.4 Å². The highest BCUT2D eigenvalue weighted by molar-refractivity contribution is 7.19. The number of thiophene rings is 1. The Kier molecular flexibility index (Phi) is 4.11. The van der Waals surface area contributed by atoms with E-state index in [-0.39, 0.29) is 5.78 Å². The maximum absolute atomic E-state index is 11.8. The molecule has 0 atom stereocenters. The zero-order valence-corrected chi connectivity index (χ0v) is 12.2. The lowest BCUT2D eigenvalue weighted by Crippen LogP contribution is -2.29. The highest BCUT2D eigenvalue weighted by Crippen LogP contribution is 2.39. The largest absolute Gasteiger partial charge is 0.396 e. The molecule has 5 heteroatoms. The molecule has 0 radical (unpaired) electrons. The number of hydrogen-bond acceptors (Lipinski definition) is 5. The first-order chi connectivity index (χ1) is 9.08. The SMILES string of the molecule is CCC(=O)c1sc(N(C)CC2CCC2)c(C#N)c1N. The van der Waals surface area contributed by atoms with Crippen LogP contribution in [0.3, 0.4) is 0 Å². The van der Waals surface area contributed by atoms with Gasteiger partial charge in [-0.15, -0.1) is 11.3 Å². The molecule has 1 saturated carbocycles. The van der Waals surface area contributed by atoms with E-state index in [1.807, 2.05) is 14.0 Å². The van der Waals surface area contributed by atoms with Crippen molar-refractivity contribution in [3.63, 3.8) is 0 Å². The summed E-state index contributed by atoms with van der Waals surface area (Å²) >= 11 is 1.36. The van der Waals surface area contributed by atoms with Crippen LogP contribution in [0.25, 0.3) is 0 Å². The first-order valence-corrected chi connectivity index (χ1v) is 7.46. The Morgan fingerprint density at radius 2 is 2.26 bits per heavy atom. The molecule has 2 rings (SSSR count). The fourth-order valence-corrected chi connectivity index (χ4v) is 3.47. The minimum Gasteiger partial charge on any atom is -0.396 e. The van der Waals surface area contributed by atoms with Gasteiger partial charge in [-0.2, -0.15) is 5.26 Å². The van der Waals surface area contributed by atoms with E-state index >= 15 is 0 Å². The van der Waals surface area contributed by atoms with Crippen molar-refractivity contribution in [1.82, 2.24) is 0 Å². The predicted molar refractivity (Wildman–Crippen MR) is 78.7 cm³/mol. The summed E-state index contributed by atoms with van der Waals surface area (Å²) in [7, 11) is 1.98. The quantitative estimate of drug-likeness (QED) is 0.840. The Labute approximate surface area is 117 Å². The number of rotatable bonds is 5. The molecule has 1 aromatic heterocycles. The van der Waals surface area contributed by atoms with Crippen molar-refractivity contribution >= 4 is 27.8 Å². The highest BCUT2D eigenvalue weighted by atomic mass is 32.1. The summed E-state index contributed by atoms with van der Waals surface area (Å²) in [6.45, 7) is 2.75. The van der Waals surface area contributed by atoms with Gasteiger partial charge < -0.3 is 10.6 Å². The van der Waals surface area contributed by atoms with E-state index in [4.69, 9.17) is 5.73 Å². The molecule has 0 aromatic carbocycles. The van der Waals surface area contributed by atoms with Gasteiger partial charge in [0.1, 0.15) is 16.6 Å². The topological polar surface area (TPSA) is 70.1 Å². The number of nitrogens with zero attached hydrogens (tertiary/aromatic N) is 2. The second-order valence-corrected chi connectivity index (χ2v) is 6.09. The number of Topliss-reactive ketones (excluding diaryl/α,β-unsaturated/α-hetero) is 1. The molecule has 102 valence electrons. The van der Waals surface area contributed by atoms with Crippen LogP contribution in [0.1, 0.15) is 47.8 Å². The van der Waals surface area contributed by atoms with Gasteiger partial charge in [0.05, 0.1) is 10.6 Å². The Hall–Kier alpha value is -1.54. The summed E-state index contributed by atoms with van der Waals surface area (Å²) < 4.78 is 0. The third kappa shape index (κ3) is 2.59. The highest BCUT2D eigenvalue weighted by Gasteiger charge is 2.25. The van der Waals surface area contributed by atoms with Gasteiger partial charge in [0.2, 0.25) is 0 Å². The molecule has 0 spiro atoms. The monoisotopic (exact) mass is 277 g/mol. The molecule has 2 N–H and O–H groups in total. The van der Waals surface area contributed by atoms with Gasteiger partial charge in [0, 0.05) is 20.0 Å². The zero-order chi connectivity index (χ0) is 14.0. The van der Waals surface area contributed by atoms with Gasteiger partial charge in [-0.25, -0.2) is 0 Å². The van der Waals surface area contributed by atoms with Crippen molar-refractivity contribution in [2.45, 2.75) is 32.6 Å². The zero-order valence-electron chi connectivity index (χ0n) is 11.4. The van der Waals surface area contributed by atoms with Crippen LogP contribution in [-0.4, -0.2) is 19.4 Å². The fourth-order valence-electron chi connectivity index (χ4n) is 2.32. The van der Waals surface area contributed by atoms with Crippen molar-refractivity contribution in [1.29, 1.82) is 5.26 Å². The third-order valence-electron chi connectivity index (χ3n) is 3.72. The van der Waals surface area contributed by atoms with Crippen LogP contribution in [0, 0.1) is 17.2 Å². The summed E-state index contributed by atoms with van der Waals surface area (Å²) in [6.07, 6.45) is 4.23. The molecular formula is C14H19N3OS. The third-order valence-corrected chi connectivity index (χ3v) is 5.08. The molecular weight excluding hydrogens is 258 g/mol. The van der Waals surface area contributed by atoms with Crippen LogP contribution in [0.5, 0.6) is 0 Å². The van der Waals surface area contributed by atoms with E-state index in [1.165, 1.54) is 30.6 Å². The molecule has 0 saturated heterocycles. The van der Waals surface area contributed by atoms with Crippen LogP contribution in [0.15, 0.2) is 0 Å². The Balaban J connectivity index is 2.28. The summed E-state index contributed by atoms with van der Waals surface area (Å²) in [5.74, 6) is 0.729. The van der Waals surface area contributed by atoms with Gasteiger partial charge in [-0.1, -0.05) is 13.3 Å². The van der Waals surface area contributed by atoms with E-state index in [1.54, 1.807) is 0 Å². The van der Waals surface area contributed by atoms with E-state index in [0.717, 1.165) is 11.5 Å². The standard InChI is InChI=1S/C14H19N3OS/c1-3-11(18)13-12(16)10(7-15)14(19-13)17(2)8-9-5-4-6-9/h9H,3-6,8,16H2,1-2H3. The van der Waals surface area contributed by atoms with Gasteiger partial charge in [-0.3, -0.25) is 4.79 Å². The second kappa shape index (κ2) is 5.62. The summed E-state index contributed by atoms with van der Waals surface area (Å²) in [4.78, 5) is 14.4. The minimum absolute atomic E-state index is 0.0160. The molecule has 19 heavy (non-hydrogen) atoms. The van der Waals surface area contributed by atoms with Crippen LogP contribution in [-0.2, 0) is 0 Å². The molecule has 1 fully saturated rings. The van der Waals surface area contributed by atoms with E-state index in [2.05, 4.69) is 11.0 Å². The molecule has 1 aromatic rings. The molecule has 0 bridgehead atoms. The average Bonchev–Trinajstić information content (AvgIpc) is 2.69. The summed E-state index contributed by atoms with van der Waals surface area (Å²) in [5, 5.41) is 10.1. The smallest absolute Gasteiger partial charge is 0.174 e. The number of carbonyl (C=O) groups excluding carboxylic acids is 1. The summed E-state index contributed by atoms with van der Waals surface area (Å²) in [5.41, 5.74) is 6.76. The number of carbonyl (C=O) groups is 1. The average molecular weight is 277 g/mol.